The largest absolute Gasteiger partial charge is 0.481 e. The van der Waals surface area contributed by atoms with Crippen LogP contribution in [0.2, 0.25) is 0 Å². The van der Waals surface area contributed by atoms with Crippen molar-refractivity contribution >= 4 is 52.4 Å². The van der Waals surface area contributed by atoms with Gasteiger partial charge >= 0.3 is 5.97 Å². The first kappa shape index (κ1) is 27.6. The standard InChI is InChI=1S/C31H32N4O4S/c36-29(12-3-4-14-31(37)38)33-26-10-1-2-11-28(26)40-23-16-17-24-25(18-15-22-9-5-7-19-32-22)34-35(27(24)21-23)30-13-6-8-20-39-30/h1-2,5,7,9-11,15-19,21,30H,3-4,6,8,12-14,20H2,(H,33,36)(H,37,38)/b18-15+. The Labute approximate surface area is 237 Å². The van der Waals surface area contributed by atoms with Gasteiger partial charge in [-0.25, -0.2) is 4.68 Å². The van der Waals surface area contributed by atoms with E-state index in [0.717, 1.165) is 63.6 Å². The number of nitrogens with one attached hydrogen (secondary N) is 1. The van der Waals surface area contributed by atoms with Crippen LogP contribution in [0.1, 0.15) is 62.6 Å². The van der Waals surface area contributed by atoms with Crippen LogP contribution in [0.15, 0.2) is 76.7 Å². The smallest absolute Gasteiger partial charge is 0.303 e. The minimum absolute atomic E-state index is 0.0747. The molecule has 3 heterocycles. The van der Waals surface area contributed by atoms with E-state index in [-0.39, 0.29) is 25.0 Å². The fraction of sp³-hybridized carbons (Fsp3) is 0.290. The number of carboxylic acid groups (broad SMARTS) is 1. The van der Waals surface area contributed by atoms with E-state index in [2.05, 4.69) is 28.5 Å². The molecule has 0 spiro atoms. The molecule has 5 rings (SSSR count). The molecule has 206 valence electrons. The number of anilines is 1. The monoisotopic (exact) mass is 556 g/mol. The van der Waals surface area contributed by atoms with Crippen molar-refractivity contribution in [3.63, 3.8) is 0 Å². The summed E-state index contributed by atoms with van der Waals surface area (Å²) in [6, 6.07) is 19.8. The minimum Gasteiger partial charge on any atom is -0.481 e. The molecule has 40 heavy (non-hydrogen) atoms. The summed E-state index contributed by atoms with van der Waals surface area (Å²) in [5, 5.41) is 17.8. The number of carbonyl (C=O) groups is 2. The third kappa shape index (κ3) is 7.16. The number of nitrogens with zero attached hydrogens (tertiary/aromatic N) is 3. The maximum Gasteiger partial charge on any atom is 0.303 e. The molecule has 0 aliphatic carbocycles. The van der Waals surface area contributed by atoms with E-state index < -0.39 is 5.97 Å². The van der Waals surface area contributed by atoms with E-state index in [1.54, 1.807) is 18.0 Å². The van der Waals surface area contributed by atoms with E-state index in [1.807, 2.05) is 59.3 Å². The first-order valence-corrected chi connectivity index (χ1v) is 14.4. The van der Waals surface area contributed by atoms with Crippen molar-refractivity contribution < 1.29 is 19.4 Å². The van der Waals surface area contributed by atoms with Crippen molar-refractivity contribution in [1.29, 1.82) is 0 Å². The van der Waals surface area contributed by atoms with Crippen LogP contribution in [0.4, 0.5) is 5.69 Å². The number of para-hydroxylation sites is 1. The van der Waals surface area contributed by atoms with Gasteiger partial charge in [0.2, 0.25) is 5.91 Å². The summed E-state index contributed by atoms with van der Waals surface area (Å²) in [5.74, 6) is -0.961. The van der Waals surface area contributed by atoms with E-state index in [9.17, 15) is 9.59 Å². The lowest BCUT2D eigenvalue weighted by Gasteiger charge is -2.23. The first-order valence-electron chi connectivity index (χ1n) is 13.6. The van der Waals surface area contributed by atoms with Crippen molar-refractivity contribution in [1.82, 2.24) is 14.8 Å². The van der Waals surface area contributed by atoms with Gasteiger partial charge in [-0.2, -0.15) is 5.10 Å². The number of carbonyl (C=O) groups excluding carboxylic acids is 1. The fourth-order valence-electron chi connectivity index (χ4n) is 4.66. The van der Waals surface area contributed by atoms with E-state index >= 15 is 0 Å². The van der Waals surface area contributed by atoms with Gasteiger partial charge in [-0.3, -0.25) is 14.6 Å². The molecule has 8 nitrogen and oxygen atoms in total. The normalized spacial score (nSPS) is 15.4. The van der Waals surface area contributed by atoms with E-state index in [4.69, 9.17) is 14.9 Å². The number of benzene rings is 2. The number of ether oxygens (including phenoxy) is 1. The molecule has 1 fully saturated rings. The molecular weight excluding hydrogens is 524 g/mol. The molecule has 9 heteroatoms. The Kier molecular flexibility index (Phi) is 9.26. The molecule has 1 atom stereocenters. The summed E-state index contributed by atoms with van der Waals surface area (Å²) in [7, 11) is 0. The highest BCUT2D eigenvalue weighted by atomic mass is 32.2. The zero-order valence-corrected chi connectivity index (χ0v) is 23.0. The topological polar surface area (TPSA) is 106 Å². The first-order chi connectivity index (χ1) is 19.6. The zero-order chi connectivity index (χ0) is 27.7. The van der Waals surface area contributed by atoms with Gasteiger partial charge in [-0.05, 0) is 86.7 Å². The lowest BCUT2D eigenvalue weighted by Crippen LogP contribution is -2.19. The highest BCUT2D eigenvalue weighted by molar-refractivity contribution is 7.99. The van der Waals surface area contributed by atoms with Gasteiger partial charge in [0.25, 0.3) is 0 Å². The van der Waals surface area contributed by atoms with Crippen molar-refractivity contribution in [2.45, 2.75) is 61.0 Å². The number of unbranched alkanes of at least 4 members (excludes halogenated alkanes) is 1. The summed E-state index contributed by atoms with van der Waals surface area (Å²) in [4.78, 5) is 29.6. The minimum atomic E-state index is -0.841. The second kappa shape index (κ2) is 13.4. The number of aliphatic carboxylic acids is 1. The molecule has 0 radical (unpaired) electrons. The number of rotatable bonds is 11. The Balaban J connectivity index is 1.38. The molecule has 0 saturated carbocycles. The van der Waals surface area contributed by atoms with Crippen LogP contribution in [0.25, 0.3) is 23.1 Å². The highest BCUT2D eigenvalue weighted by Gasteiger charge is 2.21. The Morgan fingerprint density at radius 1 is 1.05 bits per heavy atom. The lowest BCUT2D eigenvalue weighted by atomic mass is 10.1. The molecule has 1 unspecified atom stereocenters. The van der Waals surface area contributed by atoms with Crippen molar-refractivity contribution in [3.8, 4) is 0 Å². The molecule has 2 N–H and O–H groups in total. The Bertz CT molecular complexity index is 1500. The summed E-state index contributed by atoms with van der Waals surface area (Å²) >= 11 is 1.58. The highest BCUT2D eigenvalue weighted by Crippen LogP contribution is 2.37. The van der Waals surface area contributed by atoms with Crippen molar-refractivity contribution in [3.05, 3.63) is 78.2 Å². The molecule has 1 aliphatic rings. The van der Waals surface area contributed by atoms with Gasteiger partial charge in [0.15, 0.2) is 6.23 Å². The third-order valence-corrected chi connectivity index (χ3v) is 7.73. The van der Waals surface area contributed by atoms with Crippen LogP contribution in [0.5, 0.6) is 0 Å². The zero-order valence-electron chi connectivity index (χ0n) is 22.2. The fourth-order valence-corrected chi connectivity index (χ4v) is 5.60. The average Bonchev–Trinajstić information content (AvgIpc) is 3.34. The molecule has 0 bridgehead atoms. The van der Waals surface area contributed by atoms with Crippen LogP contribution in [-0.2, 0) is 14.3 Å². The van der Waals surface area contributed by atoms with Gasteiger partial charge in [0.05, 0.1) is 22.6 Å². The molecule has 4 aromatic rings. The lowest BCUT2D eigenvalue weighted by molar-refractivity contribution is -0.137. The SMILES string of the molecule is O=C(O)CCCCC(=O)Nc1ccccc1Sc1ccc2c(/C=C/c3ccccn3)nn(C3CCCCO3)c2c1. The van der Waals surface area contributed by atoms with Crippen molar-refractivity contribution in [2.24, 2.45) is 0 Å². The average molecular weight is 557 g/mol. The van der Waals surface area contributed by atoms with E-state index in [0.29, 0.717) is 12.8 Å². The van der Waals surface area contributed by atoms with Gasteiger partial charge in [-0.1, -0.05) is 30.0 Å². The van der Waals surface area contributed by atoms with Gasteiger partial charge < -0.3 is 15.2 Å². The number of amides is 1. The van der Waals surface area contributed by atoms with E-state index in [1.165, 1.54) is 0 Å². The molecule has 2 aromatic carbocycles. The van der Waals surface area contributed by atoms with Crippen LogP contribution in [0.3, 0.4) is 0 Å². The second-order valence-electron chi connectivity index (χ2n) is 9.67. The number of hydrogen-bond donors (Lipinski definition) is 2. The molecule has 1 aliphatic heterocycles. The van der Waals surface area contributed by atoms with Crippen LogP contribution in [-0.4, -0.2) is 38.4 Å². The maximum atomic E-state index is 12.5. The second-order valence-corrected chi connectivity index (χ2v) is 10.8. The van der Waals surface area contributed by atoms with Crippen LogP contribution < -0.4 is 5.32 Å². The number of carboxylic acids is 1. The van der Waals surface area contributed by atoms with Gasteiger partial charge in [0, 0.05) is 40.8 Å². The molecular formula is C31H32N4O4S. The third-order valence-electron chi connectivity index (χ3n) is 6.67. The van der Waals surface area contributed by atoms with Crippen molar-refractivity contribution in [2.75, 3.05) is 11.9 Å². The Hall–Kier alpha value is -3.95. The number of aromatic nitrogens is 3. The number of fused-ring (bicyclic) bond motifs is 1. The summed E-state index contributed by atoms with van der Waals surface area (Å²) in [5.41, 5.74) is 3.46. The van der Waals surface area contributed by atoms with Gasteiger partial charge in [-0.15, -0.1) is 0 Å². The predicted molar refractivity (Wildman–Crippen MR) is 157 cm³/mol. The van der Waals surface area contributed by atoms with Gasteiger partial charge in [0.1, 0.15) is 0 Å². The summed E-state index contributed by atoms with van der Waals surface area (Å²) in [6.07, 6.45) is 10.1. The number of hydrogen-bond acceptors (Lipinski definition) is 6. The predicted octanol–water partition coefficient (Wildman–Crippen LogP) is 7.04. The summed E-state index contributed by atoms with van der Waals surface area (Å²) in [6.45, 7) is 0.725. The Morgan fingerprint density at radius 3 is 2.70 bits per heavy atom. The number of pyridine rings is 1. The molecule has 2 aromatic heterocycles. The molecule has 1 amide bonds. The van der Waals surface area contributed by atoms with Crippen LogP contribution in [0, 0.1) is 0 Å². The maximum absolute atomic E-state index is 12.5. The summed E-state index contributed by atoms with van der Waals surface area (Å²) < 4.78 is 8.10. The Morgan fingerprint density at radius 2 is 1.90 bits per heavy atom. The van der Waals surface area contributed by atoms with Crippen LogP contribution >= 0.6 is 11.8 Å². The quantitative estimate of drug-likeness (QED) is 0.191. The molecule has 1 saturated heterocycles.